The molecule has 0 atom stereocenters. The number of carboxylic acid groups (broad SMARTS) is 1. The van der Waals surface area contributed by atoms with Crippen LogP contribution < -0.4 is 5.32 Å². The highest BCUT2D eigenvalue weighted by Gasteiger charge is 2.44. The molecule has 2 N–H and O–H groups in total. The average molecular weight is 326 g/mol. The Hall–Kier alpha value is -1.03. The molecule has 0 amide bonds. The van der Waals surface area contributed by atoms with Crippen LogP contribution in [0.25, 0.3) is 0 Å². The van der Waals surface area contributed by atoms with Crippen molar-refractivity contribution >= 4 is 27.6 Å². The van der Waals surface area contributed by atoms with Gasteiger partial charge in [0.05, 0.1) is 0 Å². The van der Waals surface area contributed by atoms with Crippen LogP contribution in [0.4, 0.5) is 5.69 Å². The number of carbonyl (C=O) groups is 1. The zero-order valence-electron chi connectivity index (χ0n) is 11.4. The SMILES string of the molecule is CC1(C)CCC(Nc2ccc(Br)cc2)(C(=O)O)CC1. The second-order valence-electron chi connectivity index (χ2n) is 6.18. The van der Waals surface area contributed by atoms with E-state index in [0.29, 0.717) is 12.8 Å². The van der Waals surface area contributed by atoms with Crippen LogP contribution in [0.3, 0.4) is 0 Å². The smallest absolute Gasteiger partial charge is 0.329 e. The molecule has 0 aliphatic heterocycles. The fourth-order valence-corrected chi connectivity index (χ4v) is 2.82. The Balaban J connectivity index is 2.17. The number of nitrogens with one attached hydrogen (secondary N) is 1. The highest BCUT2D eigenvalue weighted by atomic mass is 79.9. The molecular weight excluding hydrogens is 306 g/mol. The molecule has 104 valence electrons. The molecule has 0 aromatic heterocycles. The van der Waals surface area contributed by atoms with E-state index in [2.05, 4.69) is 35.1 Å². The molecular formula is C15H20BrNO2. The quantitative estimate of drug-likeness (QED) is 0.871. The fraction of sp³-hybridized carbons (Fsp3) is 0.533. The lowest BCUT2D eigenvalue weighted by Crippen LogP contribution is -2.50. The maximum absolute atomic E-state index is 11.7. The van der Waals surface area contributed by atoms with Gasteiger partial charge in [0.1, 0.15) is 5.54 Å². The number of aliphatic carboxylic acids is 1. The zero-order chi connectivity index (χ0) is 14.1. The number of halogens is 1. The first-order valence-corrected chi connectivity index (χ1v) is 7.40. The van der Waals surface area contributed by atoms with E-state index < -0.39 is 11.5 Å². The van der Waals surface area contributed by atoms with Gasteiger partial charge in [0.15, 0.2) is 0 Å². The molecule has 3 nitrogen and oxygen atoms in total. The minimum absolute atomic E-state index is 0.250. The van der Waals surface area contributed by atoms with Gasteiger partial charge >= 0.3 is 5.97 Å². The Bertz CT molecular complexity index is 458. The first-order valence-electron chi connectivity index (χ1n) is 6.60. The van der Waals surface area contributed by atoms with Crippen LogP contribution in [0, 0.1) is 5.41 Å². The van der Waals surface area contributed by atoms with Crippen LogP contribution in [-0.4, -0.2) is 16.6 Å². The minimum atomic E-state index is -0.816. The number of rotatable bonds is 3. The van der Waals surface area contributed by atoms with E-state index >= 15 is 0 Å². The van der Waals surface area contributed by atoms with Gasteiger partial charge in [-0.15, -0.1) is 0 Å². The van der Waals surface area contributed by atoms with Gasteiger partial charge in [-0.3, -0.25) is 0 Å². The third-order valence-electron chi connectivity index (χ3n) is 4.09. The molecule has 1 saturated carbocycles. The molecule has 1 aromatic carbocycles. The van der Waals surface area contributed by atoms with Crippen LogP contribution >= 0.6 is 15.9 Å². The maximum atomic E-state index is 11.7. The lowest BCUT2D eigenvalue weighted by Gasteiger charge is -2.41. The predicted molar refractivity (Wildman–Crippen MR) is 80.4 cm³/mol. The average Bonchev–Trinajstić information content (AvgIpc) is 2.35. The number of hydrogen-bond donors (Lipinski definition) is 2. The third-order valence-corrected chi connectivity index (χ3v) is 4.62. The van der Waals surface area contributed by atoms with Gasteiger partial charge in [-0.05, 0) is 55.4 Å². The lowest BCUT2D eigenvalue weighted by atomic mass is 9.69. The van der Waals surface area contributed by atoms with Gasteiger partial charge in [0, 0.05) is 10.2 Å². The number of hydrogen-bond acceptors (Lipinski definition) is 2. The Morgan fingerprint density at radius 3 is 2.16 bits per heavy atom. The summed E-state index contributed by atoms with van der Waals surface area (Å²) in [4.78, 5) is 11.7. The summed E-state index contributed by atoms with van der Waals surface area (Å²) >= 11 is 3.38. The number of benzene rings is 1. The third kappa shape index (κ3) is 3.30. The molecule has 19 heavy (non-hydrogen) atoms. The number of anilines is 1. The topological polar surface area (TPSA) is 49.3 Å². The summed E-state index contributed by atoms with van der Waals surface area (Å²) in [7, 11) is 0. The van der Waals surface area contributed by atoms with E-state index in [9.17, 15) is 9.90 Å². The summed E-state index contributed by atoms with van der Waals surface area (Å²) in [5.41, 5.74) is 0.300. The van der Waals surface area contributed by atoms with Crippen LogP contribution in [-0.2, 0) is 4.79 Å². The van der Waals surface area contributed by atoms with Gasteiger partial charge in [-0.2, -0.15) is 0 Å². The molecule has 0 bridgehead atoms. The molecule has 1 aliphatic rings. The summed E-state index contributed by atoms with van der Waals surface area (Å²) in [5, 5.41) is 12.8. The largest absolute Gasteiger partial charge is 0.480 e. The fourth-order valence-electron chi connectivity index (χ4n) is 2.56. The highest BCUT2D eigenvalue weighted by Crippen LogP contribution is 2.41. The molecule has 2 rings (SSSR count). The van der Waals surface area contributed by atoms with Crippen LogP contribution in [0.1, 0.15) is 39.5 Å². The first kappa shape index (κ1) is 14.4. The van der Waals surface area contributed by atoms with Gasteiger partial charge in [0.2, 0.25) is 0 Å². The zero-order valence-corrected chi connectivity index (χ0v) is 13.0. The molecule has 0 heterocycles. The van der Waals surface area contributed by atoms with E-state index in [1.165, 1.54) is 0 Å². The summed E-state index contributed by atoms with van der Waals surface area (Å²) in [6, 6.07) is 7.67. The van der Waals surface area contributed by atoms with Crippen molar-refractivity contribution in [1.82, 2.24) is 0 Å². The molecule has 1 fully saturated rings. The first-order chi connectivity index (χ1) is 8.83. The highest BCUT2D eigenvalue weighted by molar-refractivity contribution is 9.10. The standard InChI is InChI=1S/C15H20BrNO2/c1-14(2)7-9-15(10-8-14,13(18)19)17-12-5-3-11(16)4-6-12/h3-6,17H,7-10H2,1-2H3,(H,18,19). The van der Waals surface area contributed by atoms with Crippen molar-refractivity contribution in [2.45, 2.75) is 45.1 Å². The minimum Gasteiger partial charge on any atom is -0.480 e. The van der Waals surface area contributed by atoms with Gasteiger partial charge in [0.25, 0.3) is 0 Å². The monoisotopic (exact) mass is 325 g/mol. The molecule has 0 spiro atoms. The maximum Gasteiger partial charge on any atom is 0.329 e. The summed E-state index contributed by atoms with van der Waals surface area (Å²) in [5.74, 6) is -0.745. The van der Waals surface area contributed by atoms with Crippen LogP contribution in [0.2, 0.25) is 0 Å². The molecule has 1 aliphatic carbocycles. The Morgan fingerprint density at radius 2 is 1.68 bits per heavy atom. The van der Waals surface area contributed by atoms with Gasteiger partial charge in [-0.1, -0.05) is 29.8 Å². The molecule has 0 saturated heterocycles. The lowest BCUT2D eigenvalue weighted by molar-refractivity contribution is -0.144. The second-order valence-corrected chi connectivity index (χ2v) is 7.10. The number of carboxylic acids is 1. The van der Waals surface area contributed by atoms with E-state index in [-0.39, 0.29) is 5.41 Å². The van der Waals surface area contributed by atoms with E-state index in [4.69, 9.17) is 0 Å². The second kappa shape index (κ2) is 5.16. The van der Waals surface area contributed by atoms with Crippen molar-refractivity contribution in [2.24, 2.45) is 5.41 Å². The van der Waals surface area contributed by atoms with E-state index in [1.807, 2.05) is 24.3 Å². The predicted octanol–water partition coefficient (Wildman–Crippen LogP) is 4.28. The van der Waals surface area contributed by atoms with E-state index in [1.54, 1.807) is 0 Å². The van der Waals surface area contributed by atoms with Crippen molar-refractivity contribution in [3.05, 3.63) is 28.7 Å². The summed E-state index contributed by atoms with van der Waals surface area (Å²) in [6.07, 6.45) is 3.21. The Kier molecular flexibility index (Phi) is 3.90. The van der Waals surface area contributed by atoms with Crippen molar-refractivity contribution < 1.29 is 9.90 Å². The molecule has 0 unspecified atom stereocenters. The summed E-state index contributed by atoms with van der Waals surface area (Å²) in [6.45, 7) is 4.41. The van der Waals surface area contributed by atoms with Gasteiger partial charge < -0.3 is 10.4 Å². The van der Waals surface area contributed by atoms with Crippen molar-refractivity contribution in [3.8, 4) is 0 Å². The van der Waals surface area contributed by atoms with Crippen molar-refractivity contribution in [3.63, 3.8) is 0 Å². The van der Waals surface area contributed by atoms with Crippen molar-refractivity contribution in [1.29, 1.82) is 0 Å². The van der Waals surface area contributed by atoms with Crippen LogP contribution in [0.5, 0.6) is 0 Å². The molecule has 1 aromatic rings. The van der Waals surface area contributed by atoms with Crippen LogP contribution in [0.15, 0.2) is 28.7 Å². The van der Waals surface area contributed by atoms with E-state index in [0.717, 1.165) is 23.0 Å². The summed E-state index contributed by atoms with van der Waals surface area (Å²) < 4.78 is 0.993. The van der Waals surface area contributed by atoms with Crippen molar-refractivity contribution in [2.75, 3.05) is 5.32 Å². The Labute approximate surface area is 122 Å². The molecule has 0 radical (unpaired) electrons. The van der Waals surface area contributed by atoms with Gasteiger partial charge in [-0.25, -0.2) is 4.79 Å². The molecule has 4 heteroatoms. The Morgan fingerprint density at radius 1 is 1.16 bits per heavy atom. The normalized spacial score (nSPS) is 20.8.